The third kappa shape index (κ3) is 6.72. The first-order chi connectivity index (χ1) is 10.5. The Hall–Kier alpha value is -1.88. The molecular formula is C17H26N2O3. The molecule has 5 heteroatoms. The Bertz CT molecular complexity index is 460. The Morgan fingerprint density at radius 2 is 1.73 bits per heavy atom. The number of esters is 1. The maximum absolute atomic E-state index is 12.6. The maximum Gasteiger partial charge on any atom is 0.307 e. The van der Waals surface area contributed by atoms with E-state index in [1.807, 2.05) is 32.3 Å². The van der Waals surface area contributed by atoms with E-state index < -0.39 is 0 Å². The van der Waals surface area contributed by atoms with E-state index in [-0.39, 0.29) is 18.3 Å². The minimum atomic E-state index is -0.263. The van der Waals surface area contributed by atoms with Gasteiger partial charge in [0.1, 0.15) is 0 Å². The van der Waals surface area contributed by atoms with Crippen molar-refractivity contribution in [1.29, 1.82) is 0 Å². The molecule has 0 aliphatic heterocycles. The fourth-order valence-electron chi connectivity index (χ4n) is 2.12. The molecule has 0 fully saturated rings. The van der Waals surface area contributed by atoms with E-state index in [0.717, 1.165) is 13.0 Å². The molecule has 1 aromatic rings. The standard InChI is InChI=1S/C17H26N2O3/c1-4-22-16(20)11-14-19(13-8-12-18(2)3)17(21)15-9-6-5-7-10-15/h5-7,9-10H,4,8,11-14H2,1-3H3. The number of hydrogen-bond donors (Lipinski definition) is 0. The van der Waals surface area contributed by atoms with Gasteiger partial charge in [0.2, 0.25) is 0 Å². The number of carbonyl (C=O) groups is 2. The largest absolute Gasteiger partial charge is 0.466 e. The summed E-state index contributed by atoms with van der Waals surface area (Å²) in [7, 11) is 4.00. The van der Waals surface area contributed by atoms with Gasteiger partial charge in [-0.3, -0.25) is 9.59 Å². The molecule has 0 N–H and O–H groups in total. The van der Waals surface area contributed by atoms with E-state index in [1.54, 1.807) is 24.0 Å². The Morgan fingerprint density at radius 1 is 1.05 bits per heavy atom. The highest BCUT2D eigenvalue weighted by atomic mass is 16.5. The van der Waals surface area contributed by atoms with Gasteiger partial charge in [0.25, 0.3) is 5.91 Å². The van der Waals surface area contributed by atoms with E-state index in [0.29, 0.717) is 25.3 Å². The van der Waals surface area contributed by atoms with E-state index in [4.69, 9.17) is 4.74 Å². The second kappa shape index (κ2) is 9.95. The van der Waals surface area contributed by atoms with Crippen LogP contribution in [0.4, 0.5) is 0 Å². The molecule has 1 aromatic carbocycles. The molecule has 0 unspecified atom stereocenters. The molecule has 0 aliphatic carbocycles. The molecular weight excluding hydrogens is 280 g/mol. The number of hydrogen-bond acceptors (Lipinski definition) is 4. The molecule has 0 aromatic heterocycles. The lowest BCUT2D eigenvalue weighted by Gasteiger charge is -2.23. The molecule has 0 bridgehead atoms. The Labute approximate surface area is 132 Å². The third-order valence-electron chi connectivity index (χ3n) is 3.23. The van der Waals surface area contributed by atoms with Crippen LogP contribution in [0.3, 0.4) is 0 Å². The summed E-state index contributed by atoms with van der Waals surface area (Å²) >= 11 is 0. The number of nitrogens with zero attached hydrogens (tertiary/aromatic N) is 2. The van der Waals surface area contributed by atoms with Crippen LogP contribution >= 0.6 is 0 Å². The molecule has 1 rings (SSSR count). The van der Waals surface area contributed by atoms with Crippen LogP contribution in [0.15, 0.2) is 30.3 Å². The quantitative estimate of drug-likeness (QED) is 0.655. The molecule has 0 radical (unpaired) electrons. The number of carbonyl (C=O) groups excluding carboxylic acids is 2. The molecule has 1 amide bonds. The molecule has 22 heavy (non-hydrogen) atoms. The van der Waals surface area contributed by atoms with Gasteiger partial charge in [0.15, 0.2) is 0 Å². The van der Waals surface area contributed by atoms with E-state index >= 15 is 0 Å². The zero-order valence-electron chi connectivity index (χ0n) is 13.7. The number of benzene rings is 1. The summed E-state index contributed by atoms with van der Waals surface area (Å²) < 4.78 is 4.94. The fourth-order valence-corrected chi connectivity index (χ4v) is 2.12. The van der Waals surface area contributed by atoms with Crippen molar-refractivity contribution in [2.75, 3.05) is 40.3 Å². The second-order valence-electron chi connectivity index (χ2n) is 5.37. The highest BCUT2D eigenvalue weighted by Gasteiger charge is 2.16. The van der Waals surface area contributed by atoms with Crippen molar-refractivity contribution in [3.8, 4) is 0 Å². The van der Waals surface area contributed by atoms with Gasteiger partial charge in [-0.2, -0.15) is 0 Å². The summed E-state index contributed by atoms with van der Waals surface area (Å²) in [5, 5.41) is 0. The van der Waals surface area contributed by atoms with Crippen LogP contribution < -0.4 is 0 Å². The predicted octanol–water partition coefficient (Wildman–Crippen LogP) is 2.03. The van der Waals surface area contributed by atoms with Crippen molar-refractivity contribution >= 4 is 11.9 Å². The number of ether oxygens (including phenoxy) is 1. The lowest BCUT2D eigenvalue weighted by molar-refractivity contribution is -0.143. The monoisotopic (exact) mass is 306 g/mol. The fraction of sp³-hybridized carbons (Fsp3) is 0.529. The van der Waals surface area contributed by atoms with Gasteiger partial charge in [-0.25, -0.2) is 0 Å². The maximum atomic E-state index is 12.6. The minimum Gasteiger partial charge on any atom is -0.466 e. The summed E-state index contributed by atoms with van der Waals surface area (Å²) in [6.07, 6.45) is 1.10. The first kappa shape index (κ1) is 18.2. The van der Waals surface area contributed by atoms with Crippen molar-refractivity contribution in [1.82, 2.24) is 9.80 Å². The second-order valence-corrected chi connectivity index (χ2v) is 5.37. The number of amides is 1. The lowest BCUT2D eigenvalue weighted by Crippen LogP contribution is -2.35. The Balaban J connectivity index is 2.64. The van der Waals surface area contributed by atoms with Gasteiger partial charge in [0, 0.05) is 18.7 Å². The molecule has 0 heterocycles. The van der Waals surface area contributed by atoms with Crippen molar-refractivity contribution in [2.45, 2.75) is 19.8 Å². The first-order valence-electron chi connectivity index (χ1n) is 7.69. The normalized spacial score (nSPS) is 10.5. The zero-order chi connectivity index (χ0) is 16.4. The van der Waals surface area contributed by atoms with E-state index in [1.165, 1.54) is 0 Å². The summed E-state index contributed by atoms with van der Waals surface area (Å²) in [6.45, 7) is 4.07. The van der Waals surface area contributed by atoms with Crippen molar-refractivity contribution in [3.05, 3.63) is 35.9 Å². The molecule has 0 aliphatic rings. The number of rotatable bonds is 9. The van der Waals surface area contributed by atoms with Crippen LogP contribution in [0.2, 0.25) is 0 Å². The average molecular weight is 306 g/mol. The summed E-state index contributed by atoms with van der Waals surface area (Å²) in [4.78, 5) is 27.9. The molecule has 0 saturated heterocycles. The van der Waals surface area contributed by atoms with Crippen LogP contribution in [0.1, 0.15) is 30.1 Å². The van der Waals surface area contributed by atoms with Crippen molar-refractivity contribution < 1.29 is 14.3 Å². The molecule has 122 valence electrons. The zero-order valence-corrected chi connectivity index (χ0v) is 13.7. The lowest BCUT2D eigenvalue weighted by atomic mass is 10.2. The van der Waals surface area contributed by atoms with Crippen LogP contribution in [0, 0.1) is 0 Å². The SMILES string of the molecule is CCOC(=O)CCN(CCCN(C)C)C(=O)c1ccccc1. The topological polar surface area (TPSA) is 49.9 Å². The van der Waals surface area contributed by atoms with Crippen LogP contribution in [0.25, 0.3) is 0 Å². The molecule has 5 nitrogen and oxygen atoms in total. The summed E-state index contributed by atoms with van der Waals surface area (Å²) in [5.74, 6) is -0.301. The molecule has 0 saturated carbocycles. The van der Waals surface area contributed by atoms with E-state index in [2.05, 4.69) is 4.90 Å². The highest BCUT2D eigenvalue weighted by molar-refractivity contribution is 5.94. The predicted molar refractivity (Wildman–Crippen MR) is 86.8 cm³/mol. The van der Waals surface area contributed by atoms with Gasteiger partial charge in [-0.05, 0) is 46.1 Å². The van der Waals surface area contributed by atoms with Crippen molar-refractivity contribution in [2.24, 2.45) is 0 Å². The smallest absolute Gasteiger partial charge is 0.307 e. The van der Waals surface area contributed by atoms with Gasteiger partial charge < -0.3 is 14.5 Å². The third-order valence-corrected chi connectivity index (χ3v) is 3.23. The van der Waals surface area contributed by atoms with Gasteiger partial charge in [-0.1, -0.05) is 18.2 Å². The van der Waals surface area contributed by atoms with Crippen LogP contribution in [-0.2, 0) is 9.53 Å². The summed E-state index contributed by atoms with van der Waals surface area (Å²) in [6, 6.07) is 9.16. The molecule has 0 atom stereocenters. The van der Waals surface area contributed by atoms with Gasteiger partial charge >= 0.3 is 5.97 Å². The van der Waals surface area contributed by atoms with E-state index in [9.17, 15) is 9.59 Å². The Kier molecular flexibility index (Phi) is 8.22. The summed E-state index contributed by atoms with van der Waals surface area (Å²) in [5.41, 5.74) is 0.649. The Morgan fingerprint density at radius 3 is 2.32 bits per heavy atom. The van der Waals surface area contributed by atoms with Crippen LogP contribution in [0.5, 0.6) is 0 Å². The molecule has 0 spiro atoms. The van der Waals surface area contributed by atoms with Gasteiger partial charge in [-0.15, -0.1) is 0 Å². The minimum absolute atomic E-state index is 0.0383. The van der Waals surface area contributed by atoms with Crippen LogP contribution in [-0.4, -0.2) is 62.0 Å². The van der Waals surface area contributed by atoms with Crippen molar-refractivity contribution in [3.63, 3.8) is 0 Å². The van der Waals surface area contributed by atoms with Gasteiger partial charge in [0.05, 0.1) is 13.0 Å². The first-order valence-corrected chi connectivity index (χ1v) is 7.69. The highest BCUT2D eigenvalue weighted by Crippen LogP contribution is 2.07. The average Bonchev–Trinajstić information content (AvgIpc) is 2.51.